The van der Waals surface area contributed by atoms with Crippen molar-refractivity contribution in [2.45, 2.75) is 26.8 Å². The van der Waals surface area contributed by atoms with Crippen LogP contribution in [0.4, 0.5) is 0 Å². The van der Waals surface area contributed by atoms with Crippen molar-refractivity contribution in [1.29, 1.82) is 0 Å². The number of hydrogen-bond acceptors (Lipinski definition) is 3. The molecular formula is C8H18N2O3. The summed E-state index contributed by atoms with van der Waals surface area (Å²) in [5.41, 5.74) is 0. The van der Waals surface area contributed by atoms with Gasteiger partial charge in [-0.05, 0) is 14.0 Å². The van der Waals surface area contributed by atoms with Crippen LogP contribution in [0.1, 0.15) is 20.8 Å². The van der Waals surface area contributed by atoms with Crippen LogP contribution >= 0.6 is 0 Å². The Kier molecular flexibility index (Phi) is 9.98. The lowest BCUT2D eigenvalue weighted by molar-refractivity contribution is -0.138. The molecule has 0 bridgehead atoms. The van der Waals surface area contributed by atoms with Crippen molar-refractivity contribution in [1.82, 2.24) is 10.6 Å². The van der Waals surface area contributed by atoms with Crippen molar-refractivity contribution >= 4 is 11.9 Å². The third-order valence-electron chi connectivity index (χ3n) is 1.24. The molecule has 0 saturated heterocycles. The highest BCUT2D eigenvalue weighted by atomic mass is 16.4. The van der Waals surface area contributed by atoms with Gasteiger partial charge in [-0.2, -0.15) is 0 Å². The maximum Gasteiger partial charge on any atom is 0.322 e. The van der Waals surface area contributed by atoms with Crippen molar-refractivity contribution in [3.05, 3.63) is 0 Å². The number of carboxylic acids is 1. The SMILES string of the molecule is CC.CN[C@@H](C)C(=O)NCC(=O)O. The molecule has 0 aliphatic heterocycles. The minimum Gasteiger partial charge on any atom is -0.480 e. The Morgan fingerprint density at radius 3 is 2.15 bits per heavy atom. The van der Waals surface area contributed by atoms with Gasteiger partial charge in [-0.25, -0.2) is 0 Å². The minimum atomic E-state index is -1.04. The van der Waals surface area contributed by atoms with Gasteiger partial charge in [-0.3, -0.25) is 9.59 Å². The Morgan fingerprint density at radius 2 is 1.85 bits per heavy atom. The molecule has 0 aromatic rings. The lowest BCUT2D eigenvalue weighted by Gasteiger charge is -2.08. The average Bonchev–Trinajstić information content (AvgIpc) is 2.16. The van der Waals surface area contributed by atoms with E-state index in [0.29, 0.717) is 0 Å². The third kappa shape index (κ3) is 8.81. The van der Waals surface area contributed by atoms with Crippen LogP contribution in [0, 0.1) is 0 Å². The second-order valence-corrected chi connectivity index (χ2v) is 2.12. The molecule has 0 heterocycles. The lowest BCUT2D eigenvalue weighted by atomic mass is 10.3. The largest absolute Gasteiger partial charge is 0.480 e. The van der Waals surface area contributed by atoms with E-state index in [0.717, 1.165) is 0 Å². The summed E-state index contributed by atoms with van der Waals surface area (Å²) in [6.07, 6.45) is 0. The predicted octanol–water partition coefficient (Wildman–Crippen LogP) is -0.179. The fourth-order valence-electron chi connectivity index (χ4n) is 0.447. The first-order valence-electron chi connectivity index (χ1n) is 4.24. The number of carboxylic acid groups (broad SMARTS) is 1. The molecule has 0 unspecified atom stereocenters. The molecule has 0 rings (SSSR count). The fourth-order valence-corrected chi connectivity index (χ4v) is 0.447. The van der Waals surface area contributed by atoms with Crippen molar-refractivity contribution in [2.24, 2.45) is 0 Å². The number of aliphatic carboxylic acids is 1. The molecule has 0 spiro atoms. The molecule has 0 fully saturated rings. The summed E-state index contributed by atoms with van der Waals surface area (Å²) < 4.78 is 0. The molecule has 0 aliphatic carbocycles. The molecule has 1 amide bonds. The molecule has 3 N–H and O–H groups in total. The first kappa shape index (κ1) is 14.4. The molecule has 0 aliphatic rings. The van der Waals surface area contributed by atoms with Crippen molar-refractivity contribution < 1.29 is 14.7 Å². The maximum absolute atomic E-state index is 10.8. The van der Waals surface area contributed by atoms with E-state index in [4.69, 9.17) is 5.11 Å². The molecule has 5 heteroatoms. The van der Waals surface area contributed by atoms with Gasteiger partial charge >= 0.3 is 5.97 Å². The van der Waals surface area contributed by atoms with Gasteiger partial charge in [-0.15, -0.1) is 0 Å². The summed E-state index contributed by atoms with van der Waals surface area (Å²) in [5, 5.41) is 13.1. The van der Waals surface area contributed by atoms with E-state index >= 15 is 0 Å². The molecule has 78 valence electrons. The summed E-state index contributed by atoms with van der Waals surface area (Å²) in [7, 11) is 1.63. The van der Waals surface area contributed by atoms with Crippen molar-refractivity contribution in [3.63, 3.8) is 0 Å². The van der Waals surface area contributed by atoms with E-state index in [1.54, 1.807) is 14.0 Å². The highest BCUT2D eigenvalue weighted by Crippen LogP contribution is 1.77. The first-order chi connectivity index (χ1) is 6.07. The van der Waals surface area contributed by atoms with E-state index in [9.17, 15) is 9.59 Å². The molecule has 1 atom stereocenters. The zero-order valence-corrected chi connectivity index (χ0v) is 8.55. The Balaban J connectivity index is 0. The van der Waals surface area contributed by atoms with Gasteiger partial charge in [-0.1, -0.05) is 13.8 Å². The van der Waals surface area contributed by atoms with Crippen LogP contribution in [0.15, 0.2) is 0 Å². The zero-order valence-electron chi connectivity index (χ0n) is 8.55. The number of nitrogens with one attached hydrogen (secondary N) is 2. The topological polar surface area (TPSA) is 78.4 Å². The Hall–Kier alpha value is -1.10. The van der Waals surface area contributed by atoms with Crippen LogP contribution in [0.25, 0.3) is 0 Å². The van der Waals surface area contributed by atoms with Gasteiger partial charge in [0.25, 0.3) is 0 Å². The predicted molar refractivity (Wildman–Crippen MR) is 50.5 cm³/mol. The molecule has 0 saturated carbocycles. The monoisotopic (exact) mass is 190 g/mol. The third-order valence-corrected chi connectivity index (χ3v) is 1.24. The van der Waals surface area contributed by atoms with Crippen LogP contribution < -0.4 is 10.6 Å². The number of likely N-dealkylation sites (N-methyl/N-ethyl adjacent to an activating group) is 1. The van der Waals surface area contributed by atoms with E-state index in [-0.39, 0.29) is 18.5 Å². The van der Waals surface area contributed by atoms with Crippen LogP contribution in [-0.2, 0) is 9.59 Å². The normalized spacial score (nSPS) is 10.8. The molecule has 0 aromatic carbocycles. The molecule has 0 radical (unpaired) electrons. The van der Waals surface area contributed by atoms with Gasteiger partial charge in [0.1, 0.15) is 6.54 Å². The summed E-state index contributed by atoms with van der Waals surface area (Å²) in [4.78, 5) is 20.8. The average molecular weight is 190 g/mol. The number of hydrogen-bond donors (Lipinski definition) is 3. The van der Waals surface area contributed by atoms with Crippen LogP contribution in [0.2, 0.25) is 0 Å². The van der Waals surface area contributed by atoms with Crippen LogP contribution in [0.5, 0.6) is 0 Å². The second-order valence-electron chi connectivity index (χ2n) is 2.12. The first-order valence-corrected chi connectivity index (χ1v) is 4.24. The number of amides is 1. The molecule has 5 nitrogen and oxygen atoms in total. The maximum atomic E-state index is 10.8. The fraction of sp³-hybridized carbons (Fsp3) is 0.750. The smallest absolute Gasteiger partial charge is 0.322 e. The highest BCUT2D eigenvalue weighted by molar-refractivity contribution is 5.84. The van der Waals surface area contributed by atoms with E-state index in [2.05, 4.69) is 10.6 Å². The quantitative estimate of drug-likeness (QED) is 0.574. The summed E-state index contributed by atoms with van der Waals surface area (Å²) in [6.45, 7) is 5.32. The van der Waals surface area contributed by atoms with Crippen molar-refractivity contribution in [3.8, 4) is 0 Å². The van der Waals surface area contributed by atoms with Gasteiger partial charge in [0, 0.05) is 0 Å². The van der Waals surface area contributed by atoms with Crippen molar-refractivity contribution in [2.75, 3.05) is 13.6 Å². The Bertz CT molecular complexity index is 159. The minimum absolute atomic E-state index is 0.310. The number of carbonyl (C=O) groups excluding carboxylic acids is 1. The lowest BCUT2D eigenvalue weighted by Crippen LogP contribution is -2.42. The number of rotatable bonds is 4. The second kappa shape index (κ2) is 8.99. The summed E-state index contributed by atoms with van der Waals surface area (Å²) >= 11 is 0. The Labute approximate surface area is 78.5 Å². The standard InChI is InChI=1S/C6H12N2O3.C2H6/c1-4(7-2)6(11)8-3-5(9)10;1-2/h4,7H,3H2,1-2H3,(H,8,11)(H,9,10);1-2H3/t4-;/m0./s1. The number of carbonyl (C=O) groups is 2. The van der Waals surface area contributed by atoms with Gasteiger partial charge < -0.3 is 15.7 Å². The van der Waals surface area contributed by atoms with E-state index in [1.807, 2.05) is 13.8 Å². The Morgan fingerprint density at radius 1 is 1.38 bits per heavy atom. The van der Waals surface area contributed by atoms with Gasteiger partial charge in [0.05, 0.1) is 6.04 Å². The van der Waals surface area contributed by atoms with Gasteiger partial charge in [0.2, 0.25) is 5.91 Å². The molecular weight excluding hydrogens is 172 g/mol. The molecule has 13 heavy (non-hydrogen) atoms. The molecule has 0 aromatic heterocycles. The van der Waals surface area contributed by atoms with E-state index < -0.39 is 5.97 Å². The summed E-state index contributed by atoms with van der Waals surface area (Å²) in [6, 6.07) is -0.352. The van der Waals surface area contributed by atoms with Crippen LogP contribution in [-0.4, -0.2) is 36.6 Å². The van der Waals surface area contributed by atoms with E-state index in [1.165, 1.54) is 0 Å². The zero-order chi connectivity index (χ0) is 10.9. The summed E-state index contributed by atoms with van der Waals surface area (Å²) in [5.74, 6) is -1.35. The van der Waals surface area contributed by atoms with Crippen LogP contribution in [0.3, 0.4) is 0 Å². The van der Waals surface area contributed by atoms with Gasteiger partial charge in [0.15, 0.2) is 0 Å². The highest BCUT2D eigenvalue weighted by Gasteiger charge is 2.09.